The van der Waals surface area contributed by atoms with Crippen molar-refractivity contribution in [2.75, 3.05) is 6.54 Å². The summed E-state index contributed by atoms with van der Waals surface area (Å²) in [6, 6.07) is 14.1. The number of hydrogen-bond donors (Lipinski definition) is 0. The van der Waals surface area contributed by atoms with E-state index in [0.29, 0.717) is 6.04 Å². The molecule has 0 N–H and O–H groups in total. The number of nitrogens with zero attached hydrogens (tertiary/aromatic N) is 1. The van der Waals surface area contributed by atoms with Gasteiger partial charge in [-0.3, -0.25) is 4.90 Å². The first kappa shape index (κ1) is 14.3. The van der Waals surface area contributed by atoms with Gasteiger partial charge in [0.05, 0.1) is 0 Å². The van der Waals surface area contributed by atoms with Gasteiger partial charge in [0.15, 0.2) is 0 Å². The lowest BCUT2D eigenvalue weighted by Crippen LogP contribution is -2.22. The van der Waals surface area contributed by atoms with Crippen molar-refractivity contribution in [2.24, 2.45) is 0 Å². The molecule has 1 aliphatic heterocycles. The summed E-state index contributed by atoms with van der Waals surface area (Å²) in [4.78, 5) is 2.47. The van der Waals surface area contributed by atoms with Gasteiger partial charge in [0.1, 0.15) is 5.82 Å². The standard InChI is InChI=1S/C19H22FN/c1-14-8-9-16(11-15(14)2)13-21-10-4-7-19(21)17-5-3-6-18(20)12-17/h3,5-6,8-9,11-12,19H,4,7,10,13H2,1-2H3/t19-/m1/s1. The summed E-state index contributed by atoms with van der Waals surface area (Å²) < 4.78 is 13.5. The fourth-order valence-corrected chi connectivity index (χ4v) is 3.24. The SMILES string of the molecule is Cc1ccc(CN2CCC[C@@H]2c2cccc(F)c2)cc1C. The second-order valence-electron chi connectivity index (χ2n) is 6.10. The average Bonchev–Trinajstić information content (AvgIpc) is 2.91. The van der Waals surface area contributed by atoms with Crippen molar-refractivity contribution in [1.29, 1.82) is 0 Å². The van der Waals surface area contributed by atoms with Crippen LogP contribution in [0.1, 0.15) is 41.1 Å². The quantitative estimate of drug-likeness (QED) is 0.783. The minimum Gasteiger partial charge on any atom is -0.292 e. The molecule has 0 spiro atoms. The van der Waals surface area contributed by atoms with E-state index in [4.69, 9.17) is 0 Å². The molecule has 1 nitrogen and oxygen atoms in total. The number of halogens is 1. The van der Waals surface area contributed by atoms with Crippen LogP contribution in [0.3, 0.4) is 0 Å². The third kappa shape index (κ3) is 3.16. The maximum atomic E-state index is 13.5. The van der Waals surface area contributed by atoms with Crippen LogP contribution in [0.25, 0.3) is 0 Å². The molecule has 0 amide bonds. The lowest BCUT2D eigenvalue weighted by atomic mass is 10.0. The molecule has 0 aromatic heterocycles. The van der Waals surface area contributed by atoms with Crippen LogP contribution in [0.5, 0.6) is 0 Å². The molecule has 1 fully saturated rings. The van der Waals surface area contributed by atoms with Crippen LogP contribution in [-0.4, -0.2) is 11.4 Å². The highest BCUT2D eigenvalue weighted by molar-refractivity contribution is 5.30. The van der Waals surface area contributed by atoms with Crippen LogP contribution in [0.2, 0.25) is 0 Å². The predicted octanol–water partition coefficient (Wildman–Crippen LogP) is 4.78. The first-order valence-corrected chi connectivity index (χ1v) is 7.69. The number of aryl methyl sites for hydroxylation is 2. The van der Waals surface area contributed by atoms with Crippen molar-refractivity contribution in [1.82, 2.24) is 4.90 Å². The van der Waals surface area contributed by atoms with E-state index in [0.717, 1.165) is 25.1 Å². The van der Waals surface area contributed by atoms with Crippen LogP contribution in [0.15, 0.2) is 42.5 Å². The molecular formula is C19H22FN. The van der Waals surface area contributed by atoms with E-state index in [2.05, 4.69) is 36.9 Å². The van der Waals surface area contributed by atoms with Gasteiger partial charge in [-0.2, -0.15) is 0 Å². The molecule has 110 valence electrons. The maximum absolute atomic E-state index is 13.5. The topological polar surface area (TPSA) is 3.24 Å². The van der Waals surface area contributed by atoms with E-state index < -0.39 is 0 Å². The summed E-state index contributed by atoms with van der Waals surface area (Å²) in [6.45, 7) is 6.34. The molecule has 0 unspecified atom stereocenters. The van der Waals surface area contributed by atoms with Gasteiger partial charge in [-0.25, -0.2) is 4.39 Å². The molecule has 0 aliphatic carbocycles. The lowest BCUT2D eigenvalue weighted by molar-refractivity contribution is 0.248. The van der Waals surface area contributed by atoms with Crippen molar-refractivity contribution in [2.45, 2.75) is 39.3 Å². The zero-order valence-electron chi connectivity index (χ0n) is 12.8. The molecule has 2 aromatic carbocycles. The van der Waals surface area contributed by atoms with Crippen molar-refractivity contribution >= 4 is 0 Å². The number of benzene rings is 2. The first-order chi connectivity index (χ1) is 10.1. The fourth-order valence-electron chi connectivity index (χ4n) is 3.24. The van der Waals surface area contributed by atoms with E-state index in [1.807, 2.05) is 12.1 Å². The van der Waals surface area contributed by atoms with Crippen molar-refractivity contribution in [3.05, 3.63) is 70.5 Å². The molecule has 0 radical (unpaired) electrons. The summed E-state index contributed by atoms with van der Waals surface area (Å²) >= 11 is 0. The van der Waals surface area contributed by atoms with Crippen LogP contribution < -0.4 is 0 Å². The van der Waals surface area contributed by atoms with Gasteiger partial charge in [0, 0.05) is 12.6 Å². The molecule has 0 saturated carbocycles. The number of rotatable bonds is 3. The van der Waals surface area contributed by atoms with Crippen LogP contribution >= 0.6 is 0 Å². The Bertz CT molecular complexity index is 635. The first-order valence-electron chi connectivity index (χ1n) is 7.69. The molecule has 1 aliphatic rings. The lowest BCUT2D eigenvalue weighted by Gasteiger charge is -2.25. The Morgan fingerprint density at radius 3 is 2.71 bits per heavy atom. The second-order valence-corrected chi connectivity index (χ2v) is 6.10. The molecule has 3 rings (SSSR count). The highest BCUT2D eigenvalue weighted by Gasteiger charge is 2.26. The summed E-state index contributed by atoms with van der Waals surface area (Å²) in [5, 5.41) is 0. The molecule has 2 heteroatoms. The highest BCUT2D eigenvalue weighted by atomic mass is 19.1. The molecule has 21 heavy (non-hydrogen) atoms. The zero-order valence-corrected chi connectivity index (χ0v) is 12.8. The minimum atomic E-state index is -0.134. The maximum Gasteiger partial charge on any atom is 0.123 e. The predicted molar refractivity (Wildman–Crippen MR) is 84.7 cm³/mol. The van der Waals surface area contributed by atoms with Crippen molar-refractivity contribution < 1.29 is 4.39 Å². The van der Waals surface area contributed by atoms with Crippen molar-refractivity contribution in [3.63, 3.8) is 0 Å². The van der Waals surface area contributed by atoms with Gasteiger partial charge in [0.25, 0.3) is 0 Å². The smallest absolute Gasteiger partial charge is 0.123 e. The number of likely N-dealkylation sites (tertiary alicyclic amines) is 1. The number of hydrogen-bond acceptors (Lipinski definition) is 1. The largest absolute Gasteiger partial charge is 0.292 e. The van der Waals surface area contributed by atoms with Gasteiger partial charge in [-0.1, -0.05) is 30.3 Å². The Labute approximate surface area is 126 Å². The Morgan fingerprint density at radius 1 is 1.10 bits per heavy atom. The summed E-state index contributed by atoms with van der Waals surface area (Å²) in [6.07, 6.45) is 2.31. The van der Waals surface area contributed by atoms with Gasteiger partial charge in [0.2, 0.25) is 0 Å². The van der Waals surface area contributed by atoms with E-state index in [1.54, 1.807) is 6.07 Å². The molecule has 1 saturated heterocycles. The second kappa shape index (κ2) is 5.98. The Kier molecular flexibility index (Phi) is 4.07. The molecule has 1 atom stereocenters. The van der Waals surface area contributed by atoms with Gasteiger partial charge < -0.3 is 0 Å². The van der Waals surface area contributed by atoms with E-state index >= 15 is 0 Å². The fraction of sp³-hybridized carbons (Fsp3) is 0.368. The Hall–Kier alpha value is -1.67. The van der Waals surface area contributed by atoms with Crippen LogP contribution in [0.4, 0.5) is 4.39 Å². The summed E-state index contributed by atoms with van der Waals surface area (Å²) in [7, 11) is 0. The van der Waals surface area contributed by atoms with Gasteiger partial charge in [-0.05, 0) is 67.6 Å². The Balaban J connectivity index is 1.79. The normalized spacial score (nSPS) is 19.1. The summed E-state index contributed by atoms with van der Waals surface area (Å²) in [5.41, 5.74) is 5.13. The van der Waals surface area contributed by atoms with Gasteiger partial charge >= 0.3 is 0 Å². The molecule has 1 heterocycles. The third-order valence-electron chi connectivity index (χ3n) is 4.55. The zero-order chi connectivity index (χ0) is 14.8. The molecule has 0 bridgehead atoms. The van der Waals surface area contributed by atoms with Gasteiger partial charge in [-0.15, -0.1) is 0 Å². The highest BCUT2D eigenvalue weighted by Crippen LogP contribution is 2.33. The monoisotopic (exact) mass is 283 g/mol. The van der Waals surface area contributed by atoms with Crippen LogP contribution in [-0.2, 0) is 6.54 Å². The van der Waals surface area contributed by atoms with E-state index in [-0.39, 0.29) is 5.82 Å². The molecular weight excluding hydrogens is 261 g/mol. The minimum absolute atomic E-state index is 0.134. The molecule has 2 aromatic rings. The van der Waals surface area contributed by atoms with E-state index in [1.165, 1.54) is 29.2 Å². The third-order valence-corrected chi connectivity index (χ3v) is 4.55. The van der Waals surface area contributed by atoms with Crippen molar-refractivity contribution in [3.8, 4) is 0 Å². The van der Waals surface area contributed by atoms with E-state index in [9.17, 15) is 4.39 Å². The Morgan fingerprint density at radius 2 is 1.95 bits per heavy atom. The average molecular weight is 283 g/mol. The van der Waals surface area contributed by atoms with Crippen LogP contribution in [0, 0.1) is 19.7 Å². The summed E-state index contributed by atoms with van der Waals surface area (Å²) in [5.74, 6) is -0.134.